The average Bonchev–Trinajstić information content (AvgIpc) is 2.65. The van der Waals surface area contributed by atoms with Crippen LogP contribution in [0.15, 0.2) is 59.1 Å². The minimum absolute atomic E-state index is 0.364. The summed E-state index contributed by atoms with van der Waals surface area (Å²) in [6.45, 7) is 0.850. The molecular weight excluding hydrogens is 484 g/mol. The molecule has 0 fully saturated rings. The maximum absolute atomic E-state index is 6.11. The molecule has 0 aliphatic carbocycles. The molecule has 0 amide bonds. The molecule has 0 bridgehead atoms. The second-order valence-corrected chi connectivity index (χ2v) is 8.15. The third-order valence-electron chi connectivity index (χ3n) is 3.99. The zero-order valence-corrected chi connectivity index (χ0v) is 18.8. The van der Waals surface area contributed by atoms with E-state index in [9.17, 15) is 0 Å². The summed E-state index contributed by atoms with van der Waals surface area (Å²) in [5.74, 6) is 1.30. The van der Waals surface area contributed by atoms with Crippen LogP contribution in [0.2, 0.25) is 15.1 Å². The quantitative estimate of drug-likeness (QED) is 0.361. The molecule has 0 aliphatic heterocycles. The predicted octanol–water partition coefficient (Wildman–Crippen LogP) is 7.61. The second-order valence-electron chi connectivity index (χ2n) is 5.99. The van der Waals surface area contributed by atoms with Crippen LogP contribution in [0.25, 0.3) is 0 Å². The van der Waals surface area contributed by atoms with Gasteiger partial charge in [0.25, 0.3) is 0 Å². The van der Waals surface area contributed by atoms with E-state index in [4.69, 9.17) is 44.3 Å². The van der Waals surface area contributed by atoms with Gasteiger partial charge in [-0.2, -0.15) is 0 Å². The van der Waals surface area contributed by atoms with Crippen molar-refractivity contribution in [3.05, 3.63) is 85.3 Å². The van der Waals surface area contributed by atoms with Crippen LogP contribution in [0, 0.1) is 0 Å². The summed E-state index contributed by atoms with van der Waals surface area (Å²) >= 11 is 21.8. The van der Waals surface area contributed by atoms with Gasteiger partial charge in [0.15, 0.2) is 11.5 Å². The van der Waals surface area contributed by atoms with Crippen LogP contribution < -0.4 is 14.8 Å². The molecule has 3 aromatic carbocycles. The smallest absolute Gasteiger partial charge is 0.167 e. The molecule has 0 aromatic heterocycles. The largest absolute Gasteiger partial charge is 0.493 e. The standard InChI is InChI=1S/C21H17BrCl3NO2/c1-27-20-6-5-19(22)18(11-26-17-9-15(24)8-16(25)10-17)21(20)28-12-13-3-2-4-14(23)7-13/h2-10,26H,11-12H2,1H3. The highest BCUT2D eigenvalue weighted by atomic mass is 79.9. The van der Waals surface area contributed by atoms with Crippen LogP contribution in [0.3, 0.4) is 0 Å². The normalized spacial score (nSPS) is 10.6. The zero-order valence-electron chi connectivity index (χ0n) is 14.9. The minimum atomic E-state index is 0.364. The molecule has 0 unspecified atom stereocenters. The minimum Gasteiger partial charge on any atom is -0.493 e. The van der Waals surface area contributed by atoms with Gasteiger partial charge in [0, 0.05) is 37.3 Å². The van der Waals surface area contributed by atoms with Crippen LogP contribution in [0.4, 0.5) is 5.69 Å². The number of ether oxygens (including phenoxy) is 2. The molecule has 0 atom stereocenters. The van der Waals surface area contributed by atoms with Crippen LogP contribution >= 0.6 is 50.7 Å². The van der Waals surface area contributed by atoms with E-state index in [1.54, 1.807) is 13.2 Å². The van der Waals surface area contributed by atoms with E-state index in [0.29, 0.717) is 39.7 Å². The van der Waals surface area contributed by atoms with Crippen LogP contribution in [0.5, 0.6) is 11.5 Å². The number of benzene rings is 3. The van der Waals surface area contributed by atoms with Crippen LogP contribution in [0.1, 0.15) is 11.1 Å². The molecule has 3 nitrogen and oxygen atoms in total. The van der Waals surface area contributed by atoms with Crippen molar-refractivity contribution in [2.24, 2.45) is 0 Å². The van der Waals surface area contributed by atoms with E-state index in [1.807, 2.05) is 48.5 Å². The predicted molar refractivity (Wildman–Crippen MR) is 120 cm³/mol. The Morgan fingerprint density at radius 1 is 0.929 bits per heavy atom. The average molecular weight is 502 g/mol. The fourth-order valence-corrected chi connectivity index (χ4v) is 3.89. The van der Waals surface area contributed by atoms with Gasteiger partial charge in [-0.3, -0.25) is 0 Å². The molecule has 1 N–H and O–H groups in total. The molecule has 0 heterocycles. The topological polar surface area (TPSA) is 30.5 Å². The second kappa shape index (κ2) is 9.75. The van der Waals surface area contributed by atoms with Gasteiger partial charge in [-0.15, -0.1) is 0 Å². The van der Waals surface area contributed by atoms with E-state index < -0.39 is 0 Å². The fourth-order valence-electron chi connectivity index (χ4n) is 2.69. The maximum atomic E-state index is 6.11. The number of hydrogen-bond acceptors (Lipinski definition) is 3. The molecule has 0 saturated heterocycles. The molecule has 0 saturated carbocycles. The fraction of sp³-hybridized carbons (Fsp3) is 0.143. The number of methoxy groups -OCH3 is 1. The van der Waals surface area contributed by atoms with Gasteiger partial charge < -0.3 is 14.8 Å². The molecule has 0 spiro atoms. The van der Waals surface area contributed by atoms with E-state index in [0.717, 1.165) is 21.3 Å². The van der Waals surface area contributed by atoms with Crippen LogP contribution in [-0.4, -0.2) is 7.11 Å². The Hall–Kier alpha value is -1.59. The number of hydrogen-bond donors (Lipinski definition) is 1. The summed E-state index contributed by atoms with van der Waals surface area (Å²) < 4.78 is 12.5. The Labute approximate surface area is 187 Å². The molecule has 28 heavy (non-hydrogen) atoms. The van der Waals surface area contributed by atoms with Gasteiger partial charge in [-0.1, -0.05) is 62.9 Å². The van der Waals surface area contributed by atoms with Gasteiger partial charge in [-0.05, 0) is 48.0 Å². The van der Waals surface area contributed by atoms with Crippen molar-refractivity contribution in [2.75, 3.05) is 12.4 Å². The summed E-state index contributed by atoms with van der Waals surface area (Å²) in [7, 11) is 1.61. The summed E-state index contributed by atoms with van der Waals surface area (Å²) in [6, 6.07) is 16.7. The summed E-state index contributed by atoms with van der Waals surface area (Å²) in [5, 5.41) is 5.13. The maximum Gasteiger partial charge on any atom is 0.167 e. The molecular formula is C21H17BrCl3NO2. The van der Waals surface area contributed by atoms with Crippen molar-refractivity contribution in [1.82, 2.24) is 0 Å². The zero-order chi connectivity index (χ0) is 20.1. The summed E-state index contributed by atoms with van der Waals surface area (Å²) in [4.78, 5) is 0. The van der Waals surface area contributed by atoms with E-state index >= 15 is 0 Å². The molecule has 3 aromatic rings. The highest BCUT2D eigenvalue weighted by Gasteiger charge is 2.15. The van der Waals surface area contributed by atoms with Crippen molar-refractivity contribution in [3.63, 3.8) is 0 Å². The van der Waals surface area contributed by atoms with Gasteiger partial charge in [-0.25, -0.2) is 0 Å². The van der Waals surface area contributed by atoms with Gasteiger partial charge in [0.05, 0.1) is 7.11 Å². The van der Waals surface area contributed by atoms with Crippen molar-refractivity contribution < 1.29 is 9.47 Å². The first-order valence-corrected chi connectivity index (χ1v) is 10.3. The van der Waals surface area contributed by atoms with Gasteiger partial charge in [0.2, 0.25) is 0 Å². The summed E-state index contributed by atoms with van der Waals surface area (Å²) in [6.07, 6.45) is 0. The first kappa shape index (κ1) is 21.1. The Bertz CT molecular complexity index is 962. The number of halogens is 4. The third-order valence-corrected chi connectivity index (χ3v) is 5.41. The highest BCUT2D eigenvalue weighted by molar-refractivity contribution is 9.10. The van der Waals surface area contributed by atoms with Crippen molar-refractivity contribution in [1.29, 1.82) is 0 Å². The van der Waals surface area contributed by atoms with Gasteiger partial charge >= 0.3 is 0 Å². The van der Waals surface area contributed by atoms with E-state index in [-0.39, 0.29) is 0 Å². The van der Waals surface area contributed by atoms with E-state index in [2.05, 4.69) is 21.2 Å². The first-order valence-electron chi connectivity index (χ1n) is 8.39. The monoisotopic (exact) mass is 499 g/mol. The molecule has 0 radical (unpaired) electrons. The Morgan fingerprint density at radius 2 is 1.68 bits per heavy atom. The molecule has 3 rings (SSSR count). The number of anilines is 1. The van der Waals surface area contributed by atoms with E-state index in [1.165, 1.54) is 0 Å². The van der Waals surface area contributed by atoms with Crippen molar-refractivity contribution >= 4 is 56.4 Å². The number of rotatable bonds is 7. The lowest BCUT2D eigenvalue weighted by Gasteiger charge is -2.18. The Balaban J connectivity index is 1.84. The lowest BCUT2D eigenvalue weighted by Crippen LogP contribution is -2.06. The molecule has 146 valence electrons. The highest BCUT2D eigenvalue weighted by Crippen LogP contribution is 2.37. The lowest BCUT2D eigenvalue weighted by molar-refractivity contribution is 0.281. The van der Waals surface area contributed by atoms with Crippen LogP contribution in [-0.2, 0) is 13.2 Å². The number of nitrogens with one attached hydrogen (secondary N) is 1. The summed E-state index contributed by atoms with van der Waals surface area (Å²) in [5.41, 5.74) is 2.69. The van der Waals surface area contributed by atoms with Gasteiger partial charge in [0.1, 0.15) is 6.61 Å². The molecule has 7 heteroatoms. The lowest BCUT2D eigenvalue weighted by atomic mass is 10.1. The third kappa shape index (κ3) is 5.48. The van der Waals surface area contributed by atoms with Crippen molar-refractivity contribution in [2.45, 2.75) is 13.2 Å². The first-order chi connectivity index (χ1) is 13.5. The molecule has 0 aliphatic rings. The Kier molecular flexibility index (Phi) is 7.36. The SMILES string of the molecule is COc1ccc(Br)c(CNc2cc(Cl)cc(Cl)c2)c1OCc1cccc(Cl)c1. The van der Waals surface area contributed by atoms with Crippen molar-refractivity contribution in [3.8, 4) is 11.5 Å². The Morgan fingerprint density at radius 3 is 2.36 bits per heavy atom.